The molecule has 1 fully saturated rings. The van der Waals surface area contributed by atoms with Gasteiger partial charge in [-0.1, -0.05) is 11.6 Å². The van der Waals surface area contributed by atoms with Crippen LogP contribution in [0.15, 0.2) is 0 Å². The average molecular weight is 273 g/mol. The number of aromatic nitrogens is 1. The van der Waals surface area contributed by atoms with Gasteiger partial charge in [0.2, 0.25) is 0 Å². The molecule has 0 spiro atoms. The van der Waals surface area contributed by atoms with E-state index in [-0.39, 0.29) is 5.78 Å². The van der Waals surface area contributed by atoms with E-state index in [4.69, 9.17) is 11.6 Å². The lowest BCUT2D eigenvalue weighted by molar-refractivity contribution is 0.0972. The maximum absolute atomic E-state index is 11.9. The molecule has 0 N–H and O–H groups in total. The summed E-state index contributed by atoms with van der Waals surface area (Å²) in [6.45, 7) is 5.26. The minimum absolute atomic E-state index is 0.0820. The van der Waals surface area contributed by atoms with Crippen LogP contribution in [-0.2, 0) is 0 Å². The van der Waals surface area contributed by atoms with Crippen LogP contribution in [0.25, 0.3) is 0 Å². The Kier molecular flexibility index (Phi) is 4.54. The van der Waals surface area contributed by atoms with Crippen LogP contribution in [0.5, 0.6) is 0 Å². The summed E-state index contributed by atoms with van der Waals surface area (Å²) in [7, 11) is 0. The second kappa shape index (κ2) is 5.94. The van der Waals surface area contributed by atoms with Crippen molar-refractivity contribution in [2.75, 3.05) is 19.6 Å². The quantitative estimate of drug-likeness (QED) is 0.772. The van der Waals surface area contributed by atoms with Gasteiger partial charge >= 0.3 is 0 Å². The van der Waals surface area contributed by atoms with Crippen molar-refractivity contribution in [1.82, 2.24) is 9.88 Å². The maximum Gasteiger partial charge on any atom is 0.183 e. The molecule has 2 rings (SSSR count). The molecule has 0 saturated carbocycles. The standard InChI is InChI=1S/C12H17ClN2OS/c1-9-14-11(12(13)17-9)10(16)5-4-8-15-6-2-3-7-15/h2-8H2,1H3. The molecule has 1 aromatic heterocycles. The van der Waals surface area contributed by atoms with Crippen LogP contribution in [0.3, 0.4) is 0 Å². The van der Waals surface area contributed by atoms with E-state index < -0.39 is 0 Å². The average Bonchev–Trinajstić information content (AvgIpc) is 2.88. The van der Waals surface area contributed by atoms with Crippen molar-refractivity contribution < 1.29 is 4.79 Å². The SMILES string of the molecule is Cc1nc(C(=O)CCCN2CCCC2)c(Cl)s1. The molecule has 1 aromatic rings. The van der Waals surface area contributed by atoms with Gasteiger partial charge in [-0.25, -0.2) is 4.98 Å². The number of thiazole rings is 1. The molecule has 94 valence electrons. The Hall–Kier alpha value is -0.450. The van der Waals surface area contributed by atoms with Crippen LogP contribution < -0.4 is 0 Å². The largest absolute Gasteiger partial charge is 0.303 e. The summed E-state index contributed by atoms with van der Waals surface area (Å²) in [6, 6.07) is 0. The molecule has 1 aliphatic heterocycles. The number of nitrogens with zero attached hydrogens (tertiary/aromatic N) is 2. The van der Waals surface area contributed by atoms with E-state index in [1.807, 2.05) is 6.92 Å². The lowest BCUT2D eigenvalue weighted by atomic mass is 10.2. The first-order valence-electron chi connectivity index (χ1n) is 6.05. The summed E-state index contributed by atoms with van der Waals surface area (Å²) in [5.74, 6) is 0.0820. The number of carbonyl (C=O) groups excluding carboxylic acids is 1. The summed E-state index contributed by atoms with van der Waals surface area (Å²) in [4.78, 5) is 18.5. The number of aryl methyl sites for hydroxylation is 1. The lowest BCUT2D eigenvalue weighted by Gasteiger charge is -2.13. The fourth-order valence-corrected chi connectivity index (χ4v) is 3.30. The first-order chi connectivity index (χ1) is 8.16. The highest BCUT2D eigenvalue weighted by molar-refractivity contribution is 7.16. The van der Waals surface area contributed by atoms with Gasteiger partial charge in [0.05, 0.1) is 5.01 Å². The van der Waals surface area contributed by atoms with Crippen molar-refractivity contribution in [3.8, 4) is 0 Å². The summed E-state index contributed by atoms with van der Waals surface area (Å²) < 4.78 is 0.536. The second-order valence-corrected chi connectivity index (χ2v) is 6.24. The van der Waals surface area contributed by atoms with E-state index in [1.54, 1.807) is 0 Å². The molecule has 1 aliphatic rings. The molecule has 5 heteroatoms. The molecule has 0 aromatic carbocycles. The third-order valence-electron chi connectivity index (χ3n) is 3.03. The smallest absolute Gasteiger partial charge is 0.183 e. The minimum atomic E-state index is 0.0820. The molecule has 0 atom stereocenters. The fourth-order valence-electron chi connectivity index (χ4n) is 2.16. The predicted molar refractivity (Wildman–Crippen MR) is 71.1 cm³/mol. The van der Waals surface area contributed by atoms with Crippen molar-refractivity contribution >= 4 is 28.7 Å². The third kappa shape index (κ3) is 3.50. The fraction of sp³-hybridized carbons (Fsp3) is 0.667. The van der Waals surface area contributed by atoms with Crippen LogP contribution in [0.4, 0.5) is 0 Å². The highest BCUT2D eigenvalue weighted by Gasteiger charge is 2.16. The summed E-state index contributed by atoms with van der Waals surface area (Å²) >= 11 is 7.35. The highest BCUT2D eigenvalue weighted by Crippen LogP contribution is 2.25. The van der Waals surface area contributed by atoms with Gasteiger partial charge in [0, 0.05) is 6.42 Å². The zero-order chi connectivity index (χ0) is 12.3. The van der Waals surface area contributed by atoms with Gasteiger partial charge in [-0.05, 0) is 45.8 Å². The van der Waals surface area contributed by atoms with E-state index in [1.165, 1.54) is 37.3 Å². The number of likely N-dealkylation sites (tertiary alicyclic amines) is 1. The normalized spacial score (nSPS) is 16.6. The number of hydrogen-bond donors (Lipinski definition) is 0. The Morgan fingerprint density at radius 2 is 2.18 bits per heavy atom. The van der Waals surface area contributed by atoms with Crippen molar-refractivity contribution in [2.24, 2.45) is 0 Å². The van der Waals surface area contributed by atoms with Crippen molar-refractivity contribution in [1.29, 1.82) is 0 Å². The van der Waals surface area contributed by atoms with Gasteiger partial charge in [-0.15, -0.1) is 11.3 Å². The molecular weight excluding hydrogens is 256 g/mol. The lowest BCUT2D eigenvalue weighted by Crippen LogP contribution is -2.21. The van der Waals surface area contributed by atoms with E-state index in [9.17, 15) is 4.79 Å². The molecule has 0 bridgehead atoms. The number of hydrogen-bond acceptors (Lipinski definition) is 4. The molecule has 1 saturated heterocycles. The summed E-state index contributed by atoms with van der Waals surface area (Å²) in [5.41, 5.74) is 0.468. The second-order valence-electron chi connectivity index (χ2n) is 4.43. The van der Waals surface area contributed by atoms with Crippen molar-refractivity contribution in [2.45, 2.75) is 32.6 Å². The molecular formula is C12H17ClN2OS. The number of carbonyl (C=O) groups is 1. The molecule has 0 unspecified atom stereocenters. The number of halogens is 1. The van der Waals surface area contributed by atoms with Crippen LogP contribution >= 0.6 is 22.9 Å². The summed E-state index contributed by atoms with van der Waals surface area (Å²) in [6.07, 6.45) is 4.06. The molecule has 0 amide bonds. The topological polar surface area (TPSA) is 33.2 Å². The van der Waals surface area contributed by atoms with Gasteiger partial charge < -0.3 is 4.90 Å². The summed E-state index contributed by atoms with van der Waals surface area (Å²) in [5, 5.41) is 0.859. The van der Waals surface area contributed by atoms with E-state index in [0.29, 0.717) is 16.5 Å². The van der Waals surface area contributed by atoms with Crippen LogP contribution in [0.2, 0.25) is 4.34 Å². The van der Waals surface area contributed by atoms with Crippen molar-refractivity contribution in [3.63, 3.8) is 0 Å². The molecule has 0 aliphatic carbocycles. The van der Waals surface area contributed by atoms with E-state index >= 15 is 0 Å². The Morgan fingerprint density at radius 1 is 1.47 bits per heavy atom. The van der Waals surface area contributed by atoms with Crippen molar-refractivity contribution in [3.05, 3.63) is 15.0 Å². The molecule has 2 heterocycles. The highest BCUT2D eigenvalue weighted by atomic mass is 35.5. The Bertz CT molecular complexity index is 399. The number of Topliss-reactive ketones (excluding diaryl/α,β-unsaturated/α-hetero) is 1. The first kappa shape index (κ1) is 13.0. The number of ketones is 1. The zero-order valence-electron chi connectivity index (χ0n) is 10.0. The first-order valence-corrected chi connectivity index (χ1v) is 7.25. The monoisotopic (exact) mass is 272 g/mol. The van der Waals surface area contributed by atoms with Gasteiger partial charge in [0.1, 0.15) is 10.0 Å². The minimum Gasteiger partial charge on any atom is -0.303 e. The van der Waals surface area contributed by atoms with E-state index in [0.717, 1.165) is 18.0 Å². The van der Waals surface area contributed by atoms with Crippen LogP contribution in [-0.4, -0.2) is 35.3 Å². The van der Waals surface area contributed by atoms with Gasteiger partial charge in [0.25, 0.3) is 0 Å². The molecule has 0 radical (unpaired) electrons. The van der Waals surface area contributed by atoms with Gasteiger partial charge in [0.15, 0.2) is 5.78 Å². The third-order valence-corrected chi connectivity index (χ3v) is 4.20. The van der Waals surface area contributed by atoms with Gasteiger partial charge in [-0.2, -0.15) is 0 Å². The Morgan fingerprint density at radius 3 is 2.76 bits per heavy atom. The molecule has 17 heavy (non-hydrogen) atoms. The Labute approximate surface area is 111 Å². The zero-order valence-corrected chi connectivity index (χ0v) is 11.6. The predicted octanol–water partition coefficient (Wildman–Crippen LogP) is 3.16. The number of rotatable bonds is 5. The molecule has 3 nitrogen and oxygen atoms in total. The van der Waals surface area contributed by atoms with Crippen LogP contribution in [0, 0.1) is 6.92 Å². The van der Waals surface area contributed by atoms with Crippen LogP contribution in [0.1, 0.15) is 41.2 Å². The van der Waals surface area contributed by atoms with Gasteiger partial charge in [-0.3, -0.25) is 4.79 Å². The van der Waals surface area contributed by atoms with E-state index in [2.05, 4.69) is 9.88 Å². The maximum atomic E-state index is 11.9. The Balaban J connectivity index is 1.78.